The number of nitrogens with zero attached hydrogens (tertiary/aromatic N) is 1. The van der Waals surface area contributed by atoms with Crippen LogP contribution < -0.4 is 11.3 Å². The van der Waals surface area contributed by atoms with Gasteiger partial charge in [-0.15, -0.1) is 0 Å². The molecule has 0 unspecified atom stereocenters. The van der Waals surface area contributed by atoms with Crippen LogP contribution in [0.1, 0.15) is 13.3 Å². The minimum atomic E-state index is -0.0423. The number of anilines is 1. The Balaban J connectivity index is 2.49. The topological polar surface area (TPSA) is 57.2 Å². The van der Waals surface area contributed by atoms with Gasteiger partial charge in [-0.05, 0) is 12.5 Å². The summed E-state index contributed by atoms with van der Waals surface area (Å²) in [7, 11) is 0. The number of pyridine rings is 1. The third kappa shape index (κ3) is 3.22. The maximum Gasteiger partial charge on any atom is 0.250 e. The van der Waals surface area contributed by atoms with E-state index < -0.39 is 0 Å². The van der Waals surface area contributed by atoms with E-state index in [4.69, 9.17) is 10.5 Å². The molecule has 4 heteroatoms. The molecule has 0 bridgehead atoms. The number of nitrogens with two attached hydrogens (primary N) is 1. The molecule has 0 saturated heterocycles. The highest BCUT2D eigenvalue weighted by atomic mass is 16.5. The van der Waals surface area contributed by atoms with Crippen LogP contribution in [0.15, 0.2) is 23.1 Å². The first-order chi connectivity index (χ1) is 6.74. The van der Waals surface area contributed by atoms with Gasteiger partial charge < -0.3 is 15.0 Å². The molecule has 2 N–H and O–H groups in total. The Bertz CT molecular complexity index is 333. The summed E-state index contributed by atoms with van der Waals surface area (Å²) in [5.74, 6) is 0. The first kappa shape index (κ1) is 10.8. The zero-order valence-electron chi connectivity index (χ0n) is 8.40. The van der Waals surface area contributed by atoms with Crippen LogP contribution in [0.5, 0.6) is 0 Å². The quantitative estimate of drug-likeness (QED) is 0.710. The molecule has 0 aliphatic carbocycles. The van der Waals surface area contributed by atoms with Crippen LogP contribution in [-0.2, 0) is 11.3 Å². The van der Waals surface area contributed by atoms with Gasteiger partial charge in [-0.2, -0.15) is 0 Å². The molecule has 0 spiro atoms. The number of nitrogen functional groups attached to an aromatic ring is 1. The zero-order valence-corrected chi connectivity index (χ0v) is 8.40. The van der Waals surface area contributed by atoms with Crippen molar-refractivity contribution >= 4 is 5.69 Å². The van der Waals surface area contributed by atoms with E-state index in [1.807, 2.05) is 6.92 Å². The van der Waals surface area contributed by atoms with E-state index in [0.717, 1.165) is 13.0 Å². The number of aromatic nitrogens is 1. The Labute approximate surface area is 83.3 Å². The first-order valence-electron chi connectivity index (χ1n) is 4.77. The van der Waals surface area contributed by atoms with Crippen molar-refractivity contribution in [3.63, 3.8) is 0 Å². The number of ether oxygens (including phenoxy) is 1. The van der Waals surface area contributed by atoms with E-state index in [1.165, 1.54) is 6.07 Å². The molecule has 0 atom stereocenters. The smallest absolute Gasteiger partial charge is 0.250 e. The van der Waals surface area contributed by atoms with E-state index in [9.17, 15) is 4.79 Å². The van der Waals surface area contributed by atoms with Gasteiger partial charge in [-0.3, -0.25) is 4.79 Å². The molecule has 0 amide bonds. The third-order valence-corrected chi connectivity index (χ3v) is 1.83. The van der Waals surface area contributed by atoms with Crippen molar-refractivity contribution in [1.29, 1.82) is 0 Å². The SMILES string of the molecule is CCCOCCn1cc(N)ccc1=O. The van der Waals surface area contributed by atoms with E-state index in [2.05, 4.69) is 0 Å². The summed E-state index contributed by atoms with van der Waals surface area (Å²) in [6.07, 6.45) is 2.63. The van der Waals surface area contributed by atoms with Gasteiger partial charge in [0.25, 0.3) is 5.56 Å². The predicted molar refractivity (Wildman–Crippen MR) is 56.2 cm³/mol. The van der Waals surface area contributed by atoms with E-state index in [1.54, 1.807) is 16.8 Å². The molecule has 78 valence electrons. The molecule has 0 fully saturated rings. The molecule has 0 aromatic carbocycles. The molecule has 0 radical (unpaired) electrons. The Morgan fingerprint density at radius 3 is 2.93 bits per heavy atom. The standard InChI is InChI=1S/C10H16N2O2/c1-2-6-14-7-5-12-8-9(11)3-4-10(12)13/h3-4,8H,2,5-7,11H2,1H3. The van der Waals surface area contributed by atoms with Gasteiger partial charge >= 0.3 is 0 Å². The molecule has 0 aliphatic heterocycles. The summed E-state index contributed by atoms with van der Waals surface area (Å²) >= 11 is 0. The fourth-order valence-electron chi connectivity index (χ4n) is 1.13. The largest absolute Gasteiger partial charge is 0.398 e. The van der Waals surface area contributed by atoms with E-state index in [-0.39, 0.29) is 5.56 Å². The second-order valence-electron chi connectivity index (χ2n) is 3.11. The summed E-state index contributed by atoms with van der Waals surface area (Å²) in [6.45, 7) is 3.89. The van der Waals surface area contributed by atoms with E-state index >= 15 is 0 Å². The molecule has 1 aromatic rings. The van der Waals surface area contributed by atoms with Gasteiger partial charge in [-0.25, -0.2) is 0 Å². The summed E-state index contributed by atoms with van der Waals surface area (Å²) in [6, 6.07) is 3.07. The molecular formula is C10H16N2O2. The van der Waals surface area contributed by atoms with Crippen LogP contribution in [-0.4, -0.2) is 17.8 Å². The Morgan fingerprint density at radius 2 is 2.21 bits per heavy atom. The molecule has 1 heterocycles. The van der Waals surface area contributed by atoms with Crippen molar-refractivity contribution in [3.8, 4) is 0 Å². The highest BCUT2D eigenvalue weighted by Gasteiger charge is 1.95. The van der Waals surface area contributed by atoms with Gasteiger partial charge in [0.05, 0.1) is 6.61 Å². The second kappa shape index (κ2) is 5.44. The molecule has 1 rings (SSSR count). The molecule has 1 aromatic heterocycles. The fourth-order valence-corrected chi connectivity index (χ4v) is 1.13. The second-order valence-corrected chi connectivity index (χ2v) is 3.11. The van der Waals surface area contributed by atoms with Crippen molar-refractivity contribution in [2.45, 2.75) is 19.9 Å². The molecule has 4 nitrogen and oxygen atoms in total. The lowest BCUT2D eigenvalue weighted by atomic mass is 10.4. The number of rotatable bonds is 5. The first-order valence-corrected chi connectivity index (χ1v) is 4.77. The summed E-state index contributed by atoms with van der Waals surface area (Å²) in [5, 5.41) is 0. The van der Waals surface area contributed by atoms with Crippen LogP contribution in [0.25, 0.3) is 0 Å². The third-order valence-electron chi connectivity index (χ3n) is 1.83. The lowest BCUT2D eigenvalue weighted by Crippen LogP contribution is -2.21. The molecule has 0 aliphatic rings. The van der Waals surface area contributed by atoms with Crippen molar-refractivity contribution in [2.75, 3.05) is 18.9 Å². The van der Waals surface area contributed by atoms with Gasteiger partial charge in [0.2, 0.25) is 0 Å². The average Bonchev–Trinajstić information content (AvgIpc) is 2.18. The van der Waals surface area contributed by atoms with Crippen LogP contribution in [0, 0.1) is 0 Å². The lowest BCUT2D eigenvalue weighted by Gasteiger charge is -2.06. The van der Waals surface area contributed by atoms with Crippen molar-refractivity contribution < 1.29 is 4.74 Å². The monoisotopic (exact) mass is 196 g/mol. The Hall–Kier alpha value is -1.29. The Kier molecular flexibility index (Phi) is 4.19. The van der Waals surface area contributed by atoms with E-state index in [0.29, 0.717) is 18.8 Å². The maximum absolute atomic E-state index is 11.3. The predicted octanol–water partition coefficient (Wildman–Crippen LogP) is 0.857. The maximum atomic E-state index is 11.3. The number of hydrogen-bond donors (Lipinski definition) is 1. The molecule has 0 saturated carbocycles. The molecule has 14 heavy (non-hydrogen) atoms. The Morgan fingerprint density at radius 1 is 1.43 bits per heavy atom. The molecular weight excluding hydrogens is 180 g/mol. The van der Waals surface area contributed by atoms with Crippen LogP contribution >= 0.6 is 0 Å². The lowest BCUT2D eigenvalue weighted by molar-refractivity contribution is 0.126. The van der Waals surface area contributed by atoms with Gasteiger partial charge in [0, 0.05) is 31.1 Å². The number of hydrogen-bond acceptors (Lipinski definition) is 3. The van der Waals surface area contributed by atoms with Crippen LogP contribution in [0.2, 0.25) is 0 Å². The van der Waals surface area contributed by atoms with Gasteiger partial charge in [0.15, 0.2) is 0 Å². The van der Waals surface area contributed by atoms with Gasteiger partial charge in [-0.1, -0.05) is 6.92 Å². The van der Waals surface area contributed by atoms with Crippen LogP contribution in [0.4, 0.5) is 5.69 Å². The van der Waals surface area contributed by atoms with Crippen LogP contribution in [0.3, 0.4) is 0 Å². The summed E-state index contributed by atoms with van der Waals surface area (Å²) in [4.78, 5) is 11.3. The summed E-state index contributed by atoms with van der Waals surface area (Å²) in [5.41, 5.74) is 6.11. The van der Waals surface area contributed by atoms with Crippen molar-refractivity contribution in [3.05, 3.63) is 28.7 Å². The average molecular weight is 196 g/mol. The highest BCUT2D eigenvalue weighted by molar-refractivity contribution is 5.33. The minimum Gasteiger partial charge on any atom is -0.398 e. The van der Waals surface area contributed by atoms with Gasteiger partial charge in [0.1, 0.15) is 0 Å². The minimum absolute atomic E-state index is 0.0423. The van der Waals surface area contributed by atoms with Crippen molar-refractivity contribution in [2.24, 2.45) is 0 Å². The normalized spacial score (nSPS) is 10.4. The van der Waals surface area contributed by atoms with Crippen molar-refractivity contribution in [1.82, 2.24) is 4.57 Å². The fraction of sp³-hybridized carbons (Fsp3) is 0.500. The highest BCUT2D eigenvalue weighted by Crippen LogP contribution is 1.95. The summed E-state index contributed by atoms with van der Waals surface area (Å²) < 4.78 is 6.84. The zero-order chi connectivity index (χ0) is 10.4.